The molecule has 2 amide bonds. The zero-order valence-electron chi connectivity index (χ0n) is 12.9. The van der Waals surface area contributed by atoms with Gasteiger partial charge in [0.1, 0.15) is 0 Å². The van der Waals surface area contributed by atoms with Gasteiger partial charge in [0.15, 0.2) is 0 Å². The van der Waals surface area contributed by atoms with E-state index in [9.17, 15) is 9.59 Å². The minimum absolute atomic E-state index is 0.0952. The number of rotatable bonds is 6. The third-order valence-electron chi connectivity index (χ3n) is 2.95. The second kappa shape index (κ2) is 6.07. The minimum atomic E-state index is -0.671. The molecule has 0 fully saturated rings. The maximum absolute atomic E-state index is 12.2. The molecule has 0 aliphatic heterocycles. The highest BCUT2D eigenvalue weighted by atomic mass is 16.2. The standard InChI is InChI=1S/C14H24N4O2/c1-9(2)8-18-10(3)11(7-16-18)13(20)17-14(4,5)6-12(15)19/h7,9H,6,8H2,1-5H3,(H2,15,19)(H,17,20). The van der Waals surface area contributed by atoms with Gasteiger partial charge in [-0.25, -0.2) is 0 Å². The van der Waals surface area contributed by atoms with Gasteiger partial charge in [0, 0.05) is 24.2 Å². The summed E-state index contributed by atoms with van der Waals surface area (Å²) in [4.78, 5) is 23.2. The van der Waals surface area contributed by atoms with Crippen LogP contribution >= 0.6 is 0 Å². The van der Waals surface area contributed by atoms with E-state index < -0.39 is 11.4 Å². The van der Waals surface area contributed by atoms with Crippen LogP contribution in [0.15, 0.2) is 6.20 Å². The number of nitrogens with one attached hydrogen (secondary N) is 1. The topological polar surface area (TPSA) is 90.0 Å². The van der Waals surface area contributed by atoms with Crippen molar-refractivity contribution in [1.82, 2.24) is 15.1 Å². The number of amides is 2. The van der Waals surface area contributed by atoms with Crippen molar-refractivity contribution >= 4 is 11.8 Å². The Labute approximate surface area is 119 Å². The average molecular weight is 280 g/mol. The van der Waals surface area contributed by atoms with Crippen LogP contribution in [0.25, 0.3) is 0 Å². The Bertz CT molecular complexity index is 503. The summed E-state index contributed by atoms with van der Waals surface area (Å²) < 4.78 is 1.82. The number of primary amides is 1. The van der Waals surface area contributed by atoms with E-state index in [1.54, 1.807) is 20.0 Å². The SMILES string of the molecule is Cc1c(C(=O)NC(C)(C)CC(N)=O)cnn1CC(C)C. The Hall–Kier alpha value is -1.85. The van der Waals surface area contributed by atoms with E-state index in [1.165, 1.54) is 0 Å². The molecular weight excluding hydrogens is 256 g/mol. The maximum Gasteiger partial charge on any atom is 0.255 e. The first kappa shape index (κ1) is 16.2. The van der Waals surface area contributed by atoms with E-state index in [0.29, 0.717) is 11.5 Å². The third kappa shape index (κ3) is 4.36. The normalized spacial score (nSPS) is 11.7. The molecule has 1 heterocycles. The first-order chi connectivity index (χ1) is 9.12. The quantitative estimate of drug-likeness (QED) is 0.821. The lowest BCUT2D eigenvalue weighted by Gasteiger charge is -2.24. The monoisotopic (exact) mass is 280 g/mol. The van der Waals surface area contributed by atoms with Crippen LogP contribution in [-0.4, -0.2) is 27.1 Å². The molecule has 0 radical (unpaired) electrons. The molecule has 0 bridgehead atoms. The second-order valence-electron chi connectivity index (χ2n) is 6.20. The van der Waals surface area contributed by atoms with Crippen LogP contribution in [-0.2, 0) is 11.3 Å². The average Bonchev–Trinajstić information content (AvgIpc) is 2.56. The molecule has 0 aliphatic carbocycles. The number of nitrogens with zero attached hydrogens (tertiary/aromatic N) is 2. The summed E-state index contributed by atoms with van der Waals surface area (Å²) in [7, 11) is 0. The van der Waals surface area contributed by atoms with Gasteiger partial charge >= 0.3 is 0 Å². The highest BCUT2D eigenvalue weighted by Crippen LogP contribution is 2.13. The van der Waals surface area contributed by atoms with Crippen molar-refractivity contribution in [3.8, 4) is 0 Å². The number of aromatic nitrogens is 2. The highest BCUT2D eigenvalue weighted by molar-refractivity contribution is 5.95. The van der Waals surface area contributed by atoms with Crippen molar-refractivity contribution in [1.29, 1.82) is 0 Å². The first-order valence-electron chi connectivity index (χ1n) is 6.75. The van der Waals surface area contributed by atoms with Crippen molar-refractivity contribution in [2.75, 3.05) is 0 Å². The van der Waals surface area contributed by atoms with Crippen molar-refractivity contribution < 1.29 is 9.59 Å². The van der Waals surface area contributed by atoms with Gasteiger partial charge in [-0.05, 0) is 26.7 Å². The second-order valence-corrected chi connectivity index (χ2v) is 6.20. The smallest absolute Gasteiger partial charge is 0.255 e. The molecule has 1 aromatic rings. The molecule has 0 aromatic carbocycles. The fourth-order valence-corrected chi connectivity index (χ4v) is 2.05. The van der Waals surface area contributed by atoms with E-state index in [2.05, 4.69) is 24.3 Å². The molecule has 0 spiro atoms. The minimum Gasteiger partial charge on any atom is -0.370 e. The zero-order chi connectivity index (χ0) is 15.5. The van der Waals surface area contributed by atoms with Gasteiger partial charge in [-0.3, -0.25) is 14.3 Å². The third-order valence-corrected chi connectivity index (χ3v) is 2.95. The Kier molecular flexibility index (Phi) is 4.92. The molecule has 0 atom stereocenters. The van der Waals surface area contributed by atoms with E-state index in [1.807, 2.05) is 11.6 Å². The molecule has 6 heteroatoms. The van der Waals surface area contributed by atoms with Crippen LogP contribution in [0.4, 0.5) is 0 Å². The predicted molar refractivity (Wildman–Crippen MR) is 77.2 cm³/mol. The Morgan fingerprint density at radius 1 is 1.45 bits per heavy atom. The van der Waals surface area contributed by atoms with Crippen LogP contribution < -0.4 is 11.1 Å². The van der Waals surface area contributed by atoms with Gasteiger partial charge in [0.25, 0.3) is 5.91 Å². The molecule has 1 rings (SSSR count). The number of hydrogen-bond acceptors (Lipinski definition) is 3. The fraction of sp³-hybridized carbons (Fsp3) is 0.643. The molecule has 3 N–H and O–H groups in total. The summed E-state index contributed by atoms with van der Waals surface area (Å²) in [6.45, 7) is 10.4. The van der Waals surface area contributed by atoms with Crippen molar-refractivity contribution in [2.24, 2.45) is 11.7 Å². The van der Waals surface area contributed by atoms with Gasteiger partial charge in [-0.2, -0.15) is 5.10 Å². The van der Waals surface area contributed by atoms with Crippen molar-refractivity contribution in [3.05, 3.63) is 17.5 Å². The summed E-state index contributed by atoms with van der Waals surface area (Å²) in [5.41, 5.74) is 5.86. The van der Waals surface area contributed by atoms with E-state index in [-0.39, 0.29) is 12.3 Å². The van der Waals surface area contributed by atoms with Crippen LogP contribution in [0.1, 0.15) is 50.2 Å². The lowest BCUT2D eigenvalue weighted by molar-refractivity contribution is -0.119. The van der Waals surface area contributed by atoms with Crippen LogP contribution in [0.2, 0.25) is 0 Å². The van der Waals surface area contributed by atoms with E-state index >= 15 is 0 Å². The lowest BCUT2D eigenvalue weighted by Crippen LogP contribution is -2.46. The molecule has 20 heavy (non-hydrogen) atoms. The summed E-state index contributed by atoms with van der Waals surface area (Å²) in [5.74, 6) is -0.220. The number of nitrogens with two attached hydrogens (primary N) is 1. The summed E-state index contributed by atoms with van der Waals surface area (Å²) in [6.07, 6.45) is 1.66. The van der Waals surface area contributed by atoms with Gasteiger partial charge in [0.2, 0.25) is 5.91 Å². The van der Waals surface area contributed by atoms with Crippen molar-refractivity contribution in [2.45, 2.75) is 53.1 Å². The predicted octanol–water partition coefficient (Wildman–Crippen LogP) is 1.23. The van der Waals surface area contributed by atoms with Crippen molar-refractivity contribution in [3.63, 3.8) is 0 Å². The summed E-state index contributed by atoms with van der Waals surface area (Å²) in [6, 6.07) is 0. The molecule has 1 aromatic heterocycles. The molecule has 112 valence electrons. The Morgan fingerprint density at radius 2 is 2.05 bits per heavy atom. The number of hydrogen-bond donors (Lipinski definition) is 2. The summed E-state index contributed by atoms with van der Waals surface area (Å²) in [5, 5.41) is 7.05. The van der Waals surface area contributed by atoms with Gasteiger partial charge < -0.3 is 11.1 Å². The molecular formula is C14H24N4O2. The Morgan fingerprint density at radius 3 is 2.55 bits per heavy atom. The molecule has 6 nitrogen and oxygen atoms in total. The molecule has 0 unspecified atom stereocenters. The zero-order valence-corrected chi connectivity index (χ0v) is 12.9. The molecule has 0 saturated heterocycles. The van der Waals surface area contributed by atoms with Gasteiger partial charge in [-0.15, -0.1) is 0 Å². The Balaban J connectivity index is 2.83. The summed E-state index contributed by atoms with van der Waals surface area (Å²) >= 11 is 0. The molecule has 0 saturated carbocycles. The van der Waals surface area contributed by atoms with E-state index in [4.69, 9.17) is 5.73 Å². The van der Waals surface area contributed by atoms with Crippen LogP contribution in [0, 0.1) is 12.8 Å². The van der Waals surface area contributed by atoms with Gasteiger partial charge in [-0.1, -0.05) is 13.8 Å². The van der Waals surface area contributed by atoms with E-state index in [0.717, 1.165) is 12.2 Å². The van der Waals surface area contributed by atoms with Crippen LogP contribution in [0.3, 0.4) is 0 Å². The number of carbonyl (C=O) groups excluding carboxylic acids is 2. The fourth-order valence-electron chi connectivity index (χ4n) is 2.05. The first-order valence-corrected chi connectivity index (χ1v) is 6.75. The highest BCUT2D eigenvalue weighted by Gasteiger charge is 2.25. The lowest BCUT2D eigenvalue weighted by atomic mass is 9.99. The number of carbonyl (C=O) groups is 2. The molecule has 0 aliphatic rings. The van der Waals surface area contributed by atoms with Gasteiger partial charge in [0.05, 0.1) is 11.8 Å². The largest absolute Gasteiger partial charge is 0.370 e. The van der Waals surface area contributed by atoms with Crippen LogP contribution in [0.5, 0.6) is 0 Å². The maximum atomic E-state index is 12.2.